The van der Waals surface area contributed by atoms with Crippen LogP contribution in [0.4, 0.5) is 0 Å². The molecule has 25 heavy (non-hydrogen) atoms. The van der Waals surface area contributed by atoms with Crippen molar-refractivity contribution in [3.63, 3.8) is 0 Å². The minimum Gasteiger partial charge on any atom is -0.493 e. The van der Waals surface area contributed by atoms with Gasteiger partial charge in [-0.3, -0.25) is 4.79 Å². The van der Waals surface area contributed by atoms with Crippen LogP contribution in [0.25, 0.3) is 0 Å². The zero-order chi connectivity index (χ0) is 17.6. The molecule has 1 aliphatic rings. The Labute approximate surface area is 149 Å². The SMILES string of the molecule is COc1ccc(CNC(=O)Cc2ccc3c(c2)CCCC3)cc1OC. The van der Waals surface area contributed by atoms with Crippen LogP contribution in [0.2, 0.25) is 0 Å². The van der Waals surface area contributed by atoms with Gasteiger partial charge in [0.1, 0.15) is 0 Å². The van der Waals surface area contributed by atoms with E-state index in [0.717, 1.165) is 17.5 Å². The number of hydrogen-bond acceptors (Lipinski definition) is 3. The maximum Gasteiger partial charge on any atom is 0.224 e. The van der Waals surface area contributed by atoms with Crippen molar-refractivity contribution in [1.82, 2.24) is 5.32 Å². The van der Waals surface area contributed by atoms with Gasteiger partial charge in [-0.2, -0.15) is 0 Å². The topological polar surface area (TPSA) is 47.6 Å². The Morgan fingerprint density at radius 1 is 0.920 bits per heavy atom. The second-order valence-electron chi connectivity index (χ2n) is 6.45. The fourth-order valence-electron chi connectivity index (χ4n) is 3.34. The smallest absolute Gasteiger partial charge is 0.224 e. The Hall–Kier alpha value is -2.49. The molecule has 1 N–H and O–H groups in total. The first-order valence-electron chi connectivity index (χ1n) is 8.78. The van der Waals surface area contributed by atoms with E-state index in [9.17, 15) is 4.79 Å². The summed E-state index contributed by atoms with van der Waals surface area (Å²) in [4.78, 5) is 12.3. The molecule has 0 atom stereocenters. The first-order chi connectivity index (χ1) is 12.2. The maximum atomic E-state index is 12.3. The summed E-state index contributed by atoms with van der Waals surface area (Å²) in [5, 5.41) is 2.98. The quantitative estimate of drug-likeness (QED) is 0.877. The number of aryl methyl sites for hydroxylation is 2. The number of amides is 1. The third kappa shape index (κ3) is 4.32. The van der Waals surface area contributed by atoms with E-state index in [2.05, 4.69) is 23.5 Å². The van der Waals surface area contributed by atoms with Crippen molar-refractivity contribution in [2.24, 2.45) is 0 Å². The van der Waals surface area contributed by atoms with Crippen molar-refractivity contribution < 1.29 is 14.3 Å². The number of nitrogens with one attached hydrogen (secondary N) is 1. The molecule has 0 fully saturated rings. The number of fused-ring (bicyclic) bond motifs is 1. The van der Waals surface area contributed by atoms with Crippen LogP contribution in [-0.2, 0) is 30.6 Å². The van der Waals surface area contributed by atoms with Gasteiger partial charge >= 0.3 is 0 Å². The number of carbonyl (C=O) groups excluding carboxylic acids is 1. The number of methoxy groups -OCH3 is 2. The van der Waals surface area contributed by atoms with Crippen molar-refractivity contribution in [3.8, 4) is 11.5 Å². The molecule has 1 amide bonds. The highest BCUT2D eigenvalue weighted by molar-refractivity contribution is 5.78. The zero-order valence-electron chi connectivity index (χ0n) is 14.9. The van der Waals surface area contributed by atoms with Crippen molar-refractivity contribution >= 4 is 5.91 Å². The summed E-state index contributed by atoms with van der Waals surface area (Å²) < 4.78 is 10.5. The molecule has 0 saturated carbocycles. The number of rotatable bonds is 6. The summed E-state index contributed by atoms with van der Waals surface area (Å²) in [5.74, 6) is 1.39. The summed E-state index contributed by atoms with van der Waals surface area (Å²) in [5.41, 5.74) is 4.93. The van der Waals surface area contributed by atoms with Crippen LogP contribution >= 0.6 is 0 Å². The molecule has 0 saturated heterocycles. The van der Waals surface area contributed by atoms with E-state index >= 15 is 0 Å². The summed E-state index contributed by atoms with van der Waals surface area (Å²) in [7, 11) is 3.22. The van der Waals surface area contributed by atoms with Crippen LogP contribution < -0.4 is 14.8 Å². The lowest BCUT2D eigenvalue weighted by Crippen LogP contribution is -2.24. The Kier molecular flexibility index (Phi) is 5.59. The van der Waals surface area contributed by atoms with E-state index in [0.29, 0.717) is 24.5 Å². The summed E-state index contributed by atoms with van der Waals surface area (Å²) >= 11 is 0. The lowest BCUT2D eigenvalue weighted by Gasteiger charge is -2.16. The van der Waals surface area contributed by atoms with Gasteiger partial charge in [-0.05, 0) is 60.1 Å². The Balaban J connectivity index is 1.58. The molecule has 132 valence electrons. The molecule has 0 bridgehead atoms. The van der Waals surface area contributed by atoms with Gasteiger partial charge < -0.3 is 14.8 Å². The molecule has 0 unspecified atom stereocenters. The van der Waals surface area contributed by atoms with Gasteiger partial charge in [0.25, 0.3) is 0 Å². The van der Waals surface area contributed by atoms with Gasteiger partial charge in [0.2, 0.25) is 5.91 Å². The molecule has 3 rings (SSSR count). The third-order valence-corrected chi connectivity index (χ3v) is 4.72. The van der Waals surface area contributed by atoms with Crippen LogP contribution in [-0.4, -0.2) is 20.1 Å². The molecule has 4 heteroatoms. The van der Waals surface area contributed by atoms with Gasteiger partial charge in [-0.1, -0.05) is 24.3 Å². The molecule has 4 nitrogen and oxygen atoms in total. The largest absolute Gasteiger partial charge is 0.493 e. The number of benzene rings is 2. The molecule has 2 aromatic rings. The lowest BCUT2D eigenvalue weighted by molar-refractivity contribution is -0.120. The molecule has 0 aliphatic heterocycles. The van der Waals surface area contributed by atoms with E-state index in [1.165, 1.54) is 30.4 Å². The molecule has 2 aromatic carbocycles. The number of carbonyl (C=O) groups is 1. The van der Waals surface area contributed by atoms with Gasteiger partial charge in [0.15, 0.2) is 11.5 Å². The summed E-state index contributed by atoms with van der Waals surface area (Å²) in [6.07, 6.45) is 5.25. The van der Waals surface area contributed by atoms with Crippen molar-refractivity contribution in [2.45, 2.75) is 38.6 Å². The van der Waals surface area contributed by atoms with Crippen LogP contribution in [0.3, 0.4) is 0 Å². The predicted octanol–water partition coefficient (Wildman–Crippen LogP) is 3.44. The minimum atomic E-state index is 0.0329. The minimum absolute atomic E-state index is 0.0329. The van der Waals surface area contributed by atoms with E-state index < -0.39 is 0 Å². The Bertz CT molecular complexity index is 755. The average molecular weight is 339 g/mol. The van der Waals surface area contributed by atoms with Crippen molar-refractivity contribution in [1.29, 1.82) is 0 Å². The van der Waals surface area contributed by atoms with Gasteiger partial charge in [0, 0.05) is 6.54 Å². The average Bonchev–Trinajstić information content (AvgIpc) is 2.66. The van der Waals surface area contributed by atoms with Crippen LogP contribution in [0.15, 0.2) is 36.4 Å². The molecule has 0 spiro atoms. The Morgan fingerprint density at radius 2 is 1.64 bits per heavy atom. The van der Waals surface area contributed by atoms with E-state index in [1.54, 1.807) is 14.2 Å². The fourth-order valence-corrected chi connectivity index (χ4v) is 3.34. The van der Waals surface area contributed by atoms with E-state index in [4.69, 9.17) is 9.47 Å². The zero-order valence-corrected chi connectivity index (χ0v) is 14.9. The van der Waals surface area contributed by atoms with Gasteiger partial charge in [-0.25, -0.2) is 0 Å². The van der Waals surface area contributed by atoms with Crippen molar-refractivity contribution in [2.75, 3.05) is 14.2 Å². The summed E-state index contributed by atoms with van der Waals surface area (Å²) in [6.45, 7) is 0.476. The standard InChI is InChI=1S/C21H25NO3/c1-24-19-10-8-16(12-20(19)25-2)14-22-21(23)13-15-7-9-17-5-3-4-6-18(17)11-15/h7-12H,3-6,13-14H2,1-2H3,(H,22,23). The highest BCUT2D eigenvalue weighted by Crippen LogP contribution is 2.27. The van der Waals surface area contributed by atoms with Crippen LogP contribution in [0.5, 0.6) is 11.5 Å². The molecule has 0 aromatic heterocycles. The van der Waals surface area contributed by atoms with Crippen LogP contribution in [0.1, 0.15) is 35.1 Å². The summed E-state index contributed by atoms with van der Waals surface area (Å²) in [6, 6.07) is 12.1. The predicted molar refractivity (Wildman–Crippen MR) is 98.2 cm³/mol. The van der Waals surface area contributed by atoms with Gasteiger partial charge in [-0.15, -0.1) is 0 Å². The normalized spacial score (nSPS) is 13.0. The molecular formula is C21H25NO3. The molecule has 1 aliphatic carbocycles. The molecular weight excluding hydrogens is 314 g/mol. The van der Waals surface area contributed by atoms with Gasteiger partial charge in [0.05, 0.1) is 20.6 Å². The van der Waals surface area contributed by atoms with E-state index in [1.807, 2.05) is 18.2 Å². The number of ether oxygens (including phenoxy) is 2. The number of hydrogen-bond donors (Lipinski definition) is 1. The van der Waals surface area contributed by atoms with E-state index in [-0.39, 0.29) is 5.91 Å². The first kappa shape index (κ1) is 17.3. The van der Waals surface area contributed by atoms with Crippen molar-refractivity contribution in [3.05, 3.63) is 58.7 Å². The highest BCUT2D eigenvalue weighted by atomic mass is 16.5. The lowest BCUT2D eigenvalue weighted by atomic mass is 9.90. The third-order valence-electron chi connectivity index (χ3n) is 4.72. The first-order valence-corrected chi connectivity index (χ1v) is 8.78. The second kappa shape index (κ2) is 8.06. The molecule has 0 radical (unpaired) electrons. The fraction of sp³-hybridized carbons (Fsp3) is 0.381. The molecule has 0 heterocycles. The second-order valence-corrected chi connectivity index (χ2v) is 6.45. The Morgan fingerprint density at radius 3 is 2.40 bits per heavy atom. The maximum absolute atomic E-state index is 12.3. The van der Waals surface area contributed by atoms with Crippen LogP contribution in [0, 0.1) is 0 Å². The monoisotopic (exact) mass is 339 g/mol. The highest BCUT2D eigenvalue weighted by Gasteiger charge is 2.11.